The first-order valence-electron chi connectivity index (χ1n) is 8.63. The number of hydrogen-bond donors (Lipinski definition) is 1. The molecule has 1 N–H and O–H groups in total. The largest absolute Gasteiger partial charge is 0.312 e. The molecule has 1 saturated carbocycles. The number of allylic oxidation sites excluding steroid dienone is 2. The molecule has 0 aromatic rings. The average molecular weight is 291 g/mol. The van der Waals surface area contributed by atoms with Gasteiger partial charge in [-0.1, -0.05) is 6.08 Å². The molecular weight excluding hydrogens is 262 g/mol. The van der Waals surface area contributed by atoms with E-state index in [1.54, 1.807) is 0 Å². The predicted octanol–water partition coefficient (Wildman–Crippen LogP) is 2.12. The lowest BCUT2D eigenvalue weighted by molar-refractivity contribution is -0.132. The van der Waals surface area contributed by atoms with Crippen molar-refractivity contribution in [3.63, 3.8) is 0 Å². The zero-order valence-corrected chi connectivity index (χ0v) is 13.5. The summed E-state index contributed by atoms with van der Waals surface area (Å²) in [7, 11) is 0. The molecule has 0 bridgehead atoms. The number of carbonyl (C=O) groups excluding carboxylic acids is 1. The van der Waals surface area contributed by atoms with E-state index in [4.69, 9.17) is 0 Å². The first kappa shape index (κ1) is 15.0. The quantitative estimate of drug-likeness (QED) is 0.862. The normalized spacial score (nSPS) is 30.9. The van der Waals surface area contributed by atoms with Gasteiger partial charge in [-0.15, -0.1) is 0 Å². The zero-order chi connectivity index (χ0) is 14.8. The van der Waals surface area contributed by atoms with E-state index in [1.807, 2.05) is 0 Å². The Bertz CT molecular complexity index is 416. The lowest BCUT2D eigenvalue weighted by Crippen LogP contribution is -2.56. The van der Waals surface area contributed by atoms with E-state index in [-0.39, 0.29) is 0 Å². The topological polar surface area (TPSA) is 35.6 Å². The average Bonchev–Trinajstić information content (AvgIpc) is 3.29. The molecule has 4 nitrogen and oxygen atoms in total. The van der Waals surface area contributed by atoms with Crippen molar-refractivity contribution in [2.75, 3.05) is 19.6 Å². The summed E-state index contributed by atoms with van der Waals surface area (Å²) in [4.78, 5) is 17.4. The molecule has 1 aliphatic heterocycles. The number of piperazine rings is 1. The second kappa shape index (κ2) is 6.49. The first-order valence-corrected chi connectivity index (χ1v) is 8.63. The van der Waals surface area contributed by atoms with Crippen molar-refractivity contribution in [3.05, 3.63) is 11.8 Å². The molecule has 0 radical (unpaired) electrons. The molecule has 1 heterocycles. The predicted molar refractivity (Wildman–Crippen MR) is 84.9 cm³/mol. The number of nitrogens with zero attached hydrogens (tertiary/aromatic N) is 2. The molecule has 2 aliphatic carbocycles. The smallest absolute Gasteiger partial charge is 0.241 e. The van der Waals surface area contributed by atoms with Gasteiger partial charge in [-0.25, -0.2) is 0 Å². The Morgan fingerprint density at radius 3 is 2.86 bits per heavy atom. The van der Waals surface area contributed by atoms with Crippen molar-refractivity contribution in [2.24, 2.45) is 0 Å². The number of amides is 1. The fourth-order valence-corrected chi connectivity index (χ4v) is 3.54. The maximum Gasteiger partial charge on any atom is 0.241 e. The minimum atomic E-state index is 0.326. The van der Waals surface area contributed by atoms with Crippen LogP contribution < -0.4 is 5.32 Å². The Morgan fingerprint density at radius 1 is 1.38 bits per heavy atom. The van der Waals surface area contributed by atoms with Crippen molar-refractivity contribution >= 4 is 5.91 Å². The van der Waals surface area contributed by atoms with Crippen LogP contribution in [0.5, 0.6) is 0 Å². The lowest BCUT2D eigenvalue weighted by Gasteiger charge is -2.38. The Hall–Kier alpha value is -0.870. The van der Waals surface area contributed by atoms with Gasteiger partial charge in [0.05, 0.1) is 6.54 Å². The van der Waals surface area contributed by atoms with Crippen molar-refractivity contribution in [3.8, 4) is 0 Å². The second-order valence-corrected chi connectivity index (χ2v) is 7.02. The Kier molecular flexibility index (Phi) is 4.65. The van der Waals surface area contributed by atoms with Crippen molar-refractivity contribution in [1.29, 1.82) is 0 Å². The molecule has 2 atom stereocenters. The highest BCUT2D eigenvalue weighted by molar-refractivity contribution is 5.81. The summed E-state index contributed by atoms with van der Waals surface area (Å²) in [5.74, 6) is 0.326. The van der Waals surface area contributed by atoms with Gasteiger partial charge in [0.2, 0.25) is 5.91 Å². The van der Waals surface area contributed by atoms with Gasteiger partial charge in [0.25, 0.3) is 0 Å². The number of hydrogen-bond acceptors (Lipinski definition) is 3. The minimum absolute atomic E-state index is 0.326. The fraction of sp³-hybridized carbons (Fsp3) is 0.824. The Balaban J connectivity index is 1.65. The van der Waals surface area contributed by atoms with E-state index in [0.717, 1.165) is 25.9 Å². The van der Waals surface area contributed by atoms with Crippen molar-refractivity contribution < 1.29 is 4.79 Å². The summed E-state index contributed by atoms with van der Waals surface area (Å²) in [6.07, 6.45) is 9.45. The van der Waals surface area contributed by atoms with E-state index in [9.17, 15) is 4.79 Å². The summed E-state index contributed by atoms with van der Waals surface area (Å²) in [6, 6.07) is 1.43. The summed E-state index contributed by atoms with van der Waals surface area (Å²) in [6.45, 7) is 6.96. The number of carbonyl (C=O) groups is 1. The number of rotatable bonds is 4. The highest BCUT2D eigenvalue weighted by Gasteiger charge is 2.36. The van der Waals surface area contributed by atoms with Crippen LogP contribution >= 0.6 is 0 Å². The van der Waals surface area contributed by atoms with Crippen LogP contribution in [-0.2, 0) is 4.79 Å². The van der Waals surface area contributed by atoms with Gasteiger partial charge in [-0.3, -0.25) is 9.69 Å². The SMILES string of the molecule is CC1CN(CC(=O)N(C2=CCCCC2)C2CC2)C(C)CN1. The molecule has 2 unspecified atom stereocenters. The summed E-state index contributed by atoms with van der Waals surface area (Å²) < 4.78 is 0. The van der Waals surface area contributed by atoms with Crippen LogP contribution in [0, 0.1) is 0 Å². The maximum atomic E-state index is 12.9. The van der Waals surface area contributed by atoms with Gasteiger partial charge in [-0.05, 0) is 52.4 Å². The molecular formula is C17H29N3O. The van der Waals surface area contributed by atoms with Gasteiger partial charge in [-0.2, -0.15) is 0 Å². The summed E-state index contributed by atoms with van der Waals surface area (Å²) in [5, 5.41) is 3.48. The van der Waals surface area contributed by atoms with Gasteiger partial charge in [0.1, 0.15) is 0 Å². The molecule has 1 saturated heterocycles. The van der Waals surface area contributed by atoms with E-state index in [2.05, 4.69) is 35.0 Å². The molecule has 0 spiro atoms. The standard InChI is InChI=1S/C17H29N3O/c1-13-11-19(14(2)10-18-13)12-17(21)20(16-8-9-16)15-6-4-3-5-7-15/h6,13-14,16,18H,3-5,7-12H2,1-2H3. The van der Waals surface area contributed by atoms with E-state index >= 15 is 0 Å². The van der Waals surface area contributed by atoms with Crippen LogP contribution in [0.25, 0.3) is 0 Å². The second-order valence-electron chi connectivity index (χ2n) is 7.02. The molecule has 2 fully saturated rings. The summed E-state index contributed by atoms with van der Waals surface area (Å²) >= 11 is 0. The Labute approximate surface area is 128 Å². The molecule has 118 valence electrons. The minimum Gasteiger partial charge on any atom is -0.312 e. The molecule has 0 aromatic carbocycles. The molecule has 3 rings (SSSR count). The Morgan fingerprint density at radius 2 is 2.19 bits per heavy atom. The molecule has 4 heteroatoms. The zero-order valence-electron chi connectivity index (χ0n) is 13.5. The molecule has 3 aliphatic rings. The van der Waals surface area contributed by atoms with Crippen LogP contribution in [0.15, 0.2) is 11.8 Å². The third-order valence-electron chi connectivity index (χ3n) is 4.99. The van der Waals surface area contributed by atoms with Crippen molar-refractivity contribution in [2.45, 2.75) is 70.5 Å². The van der Waals surface area contributed by atoms with E-state index < -0.39 is 0 Å². The van der Waals surface area contributed by atoms with Crippen LogP contribution in [0.3, 0.4) is 0 Å². The van der Waals surface area contributed by atoms with Gasteiger partial charge in [0, 0.05) is 36.9 Å². The van der Waals surface area contributed by atoms with Crippen LogP contribution in [0.4, 0.5) is 0 Å². The van der Waals surface area contributed by atoms with E-state index in [0.29, 0.717) is 30.6 Å². The maximum absolute atomic E-state index is 12.9. The third-order valence-corrected chi connectivity index (χ3v) is 4.99. The number of nitrogens with one attached hydrogen (secondary N) is 1. The highest BCUT2D eigenvalue weighted by Crippen LogP contribution is 2.33. The lowest BCUT2D eigenvalue weighted by atomic mass is 10.0. The van der Waals surface area contributed by atoms with Gasteiger partial charge < -0.3 is 10.2 Å². The molecule has 0 aromatic heterocycles. The fourth-order valence-electron chi connectivity index (χ4n) is 3.54. The third kappa shape index (κ3) is 3.67. The molecule has 21 heavy (non-hydrogen) atoms. The van der Waals surface area contributed by atoms with E-state index in [1.165, 1.54) is 31.4 Å². The monoisotopic (exact) mass is 291 g/mol. The summed E-state index contributed by atoms with van der Waals surface area (Å²) in [5.41, 5.74) is 1.31. The van der Waals surface area contributed by atoms with Crippen LogP contribution in [0.2, 0.25) is 0 Å². The van der Waals surface area contributed by atoms with Gasteiger partial charge >= 0.3 is 0 Å². The van der Waals surface area contributed by atoms with Crippen LogP contribution in [0.1, 0.15) is 52.4 Å². The van der Waals surface area contributed by atoms with Crippen LogP contribution in [-0.4, -0.2) is 53.5 Å². The highest BCUT2D eigenvalue weighted by atomic mass is 16.2. The van der Waals surface area contributed by atoms with Gasteiger partial charge in [0.15, 0.2) is 0 Å². The molecule has 1 amide bonds. The first-order chi connectivity index (χ1) is 10.1. The van der Waals surface area contributed by atoms with Crippen molar-refractivity contribution in [1.82, 2.24) is 15.1 Å².